The number of hydrogen-bond acceptors (Lipinski definition) is 3. The van der Waals surface area contributed by atoms with Crippen LogP contribution in [0.5, 0.6) is 0 Å². The first-order valence-electron chi connectivity index (χ1n) is 7.93. The van der Waals surface area contributed by atoms with Gasteiger partial charge in [-0.1, -0.05) is 43.3 Å². The van der Waals surface area contributed by atoms with Crippen molar-refractivity contribution in [1.29, 1.82) is 0 Å². The van der Waals surface area contributed by atoms with Crippen molar-refractivity contribution in [1.82, 2.24) is 4.98 Å². The number of rotatable bonds is 5. The second-order valence-electron chi connectivity index (χ2n) is 5.47. The number of aromatic nitrogens is 1. The number of amides is 1. The van der Waals surface area contributed by atoms with Gasteiger partial charge in [0, 0.05) is 17.0 Å². The first-order valence-corrected chi connectivity index (χ1v) is 8.81. The number of carbonyl (C=O) groups excluding carboxylic acids is 1. The van der Waals surface area contributed by atoms with Crippen LogP contribution in [0.4, 0.5) is 9.52 Å². The normalized spacial score (nSPS) is 11.0. The molecule has 1 N–H and O–H groups in total. The third-order valence-corrected chi connectivity index (χ3v) is 4.43. The van der Waals surface area contributed by atoms with Gasteiger partial charge in [-0.05, 0) is 35.8 Å². The lowest BCUT2D eigenvalue weighted by Gasteiger charge is -1.99. The first kappa shape index (κ1) is 17.0. The highest BCUT2D eigenvalue weighted by atomic mass is 32.1. The molecule has 3 rings (SSSR count). The summed E-state index contributed by atoms with van der Waals surface area (Å²) >= 11 is 1.37. The summed E-state index contributed by atoms with van der Waals surface area (Å²) < 4.78 is 13.1. The maximum atomic E-state index is 13.1. The minimum absolute atomic E-state index is 0.300. The minimum Gasteiger partial charge on any atom is -0.298 e. The molecular weight excluding hydrogens is 335 g/mol. The number of nitrogens with zero attached hydrogens (tertiary/aromatic N) is 1. The monoisotopic (exact) mass is 352 g/mol. The Morgan fingerprint density at radius 2 is 2.04 bits per heavy atom. The highest BCUT2D eigenvalue weighted by molar-refractivity contribution is 7.14. The van der Waals surface area contributed by atoms with E-state index < -0.39 is 0 Å². The Balaban J connectivity index is 1.65. The lowest BCUT2D eigenvalue weighted by Crippen LogP contribution is -2.07. The Bertz CT molecular complexity index is 900. The van der Waals surface area contributed by atoms with Gasteiger partial charge in [-0.15, -0.1) is 11.3 Å². The van der Waals surface area contributed by atoms with Gasteiger partial charge in [0.15, 0.2) is 5.13 Å². The molecule has 1 aromatic heterocycles. The van der Waals surface area contributed by atoms with E-state index >= 15 is 0 Å². The Labute approximate surface area is 149 Å². The van der Waals surface area contributed by atoms with Crippen LogP contribution >= 0.6 is 11.3 Å². The van der Waals surface area contributed by atoms with Crippen molar-refractivity contribution < 1.29 is 9.18 Å². The summed E-state index contributed by atoms with van der Waals surface area (Å²) in [7, 11) is 0. The molecule has 0 aliphatic heterocycles. The quantitative estimate of drug-likeness (QED) is 0.644. The van der Waals surface area contributed by atoms with Crippen LogP contribution in [0.15, 0.2) is 60.0 Å². The summed E-state index contributed by atoms with van der Waals surface area (Å²) in [5.41, 5.74) is 3.75. The van der Waals surface area contributed by atoms with Crippen molar-refractivity contribution in [2.24, 2.45) is 0 Å². The number of halogens is 1. The zero-order chi connectivity index (χ0) is 17.6. The van der Waals surface area contributed by atoms with E-state index in [9.17, 15) is 9.18 Å². The van der Waals surface area contributed by atoms with Crippen molar-refractivity contribution >= 4 is 28.5 Å². The molecule has 0 saturated carbocycles. The zero-order valence-electron chi connectivity index (χ0n) is 13.7. The van der Waals surface area contributed by atoms with E-state index in [0.717, 1.165) is 17.7 Å². The van der Waals surface area contributed by atoms with Crippen LogP contribution in [0, 0.1) is 5.82 Å². The molecule has 5 heteroatoms. The van der Waals surface area contributed by atoms with E-state index in [4.69, 9.17) is 0 Å². The number of aryl methyl sites for hydroxylation is 1. The van der Waals surface area contributed by atoms with E-state index in [1.165, 1.54) is 35.1 Å². The molecule has 0 saturated heterocycles. The van der Waals surface area contributed by atoms with E-state index in [-0.39, 0.29) is 11.7 Å². The van der Waals surface area contributed by atoms with Gasteiger partial charge in [-0.2, -0.15) is 0 Å². The van der Waals surface area contributed by atoms with Crippen LogP contribution < -0.4 is 5.32 Å². The Hall–Kier alpha value is -2.79. The van der Waals surface area contributed by atoms with Crippen molar-refractivity contribution in [2.45, 2.75) is 13.3 Å². The van der Waals surface area contributed by atoms with E-state index in [0.29, 0.717) is 10.7 Å². The SMILES string of the molecule is CCc1ccc(-c2csc(NC(=O)/C=C/c3cccc(F)c3)n2)cc1. The molecule has 0 aliphatic carbocycles. The molecule has 1 heterocycles. The summed E-state index contributed by atoms with van der Waals surface area (Å²) in [5.74, 6) is -0.632. The molecule has 0 spiro atoms. The fourth-order valence-corrected chi connectivity index (χ4v) is 3.03. The molecule has 0 fully saturated rings. The third kappa shape index (κ3) is 4.61. The molecule has 0 unspecified atom stereocenters. The molecule has 3 nitrogen and oxygen atoms in total. The van der Waals surface area contributed by atoms with Crippen LogP contribution in [0.3, 0.4) is 0 Å². The van der Waals surface area contributed by atoms with Gasteiger partial charge in [0.1, 0.15) is 5.82 Å². The van der Waals surface area contributed by atoms with E-state index in [1.807, 2.05) is 17.5 Å². The smallest absolute Gasteiger partial charge is 0.250 e. The molecule has 0 aliphatic rings. The maximum Gasteiger partial charge on any atom is 0.250 e. The van der Waals surface area contributed by atoms with Crippen LogP contribution in [0.25, 0.3) is 17.3 Å². The van der Waals surface area contributed by atoms with Crippen LogP contribution in [-0.2, 0) is 11.2 Å². The lowest BCUT2D eigenvalue weighted by atomic mass is 10.1. The first-order chi connectivity index (χ1) is 12.1. The van der Waals surface area contributed by atoms with Gasteiger partial charge in [-0.3, -0.25) is 10.1 Å². The highest BCUT2D eigenvalue weighted by Gasteiger charge is 2.06. The number of hydrogen-bond donors (Lipinski definition) is 1. The zero-order valence-corrected chi connectivity index (χ0v) is 14.5. The van der Waals surface area contributed by atoms with E-state index in [2.05, 4.69) is 29.4 Å². The molecule has 0 atom stereocenters. The second-order valence-corrected chi connectivity index (χ2v) is 6.32. The topological polar surface area (TPSA) is 42.0 Å². The van der Waals surface area contributed by atoms with Gasteiger partial charge < -0.3 is 0 Å². The molecule has 1 amide bonds. The predicted molar refractivity (Wildman–Crippen MR) is 101 cm³/mol. The number of benzene rings is 2. The van der Waals surface area contributed by atoms with Crippen molar-refractivity contribution in [3.63, 3.8) is 0 Å². The summed E-state index contributed by atoms with van der Waals surface area (Å²) in [6.45, 7) is 2.11. The molecule has 3 aromatic rings. The van der Waals surface area contributed by atoms with Gasteiger partial charge in [0.2, 0.25) is 5.91 Å². The van der Waals surface area contributed by atoms with Crippen LogP contribution in [0.2, 0.25) is 0 Å². The number of nitrogens with one attached hydrogen (secondary N) is 1. The van der Waals surface area contributed by atoms with Gasteiger partial charge in [0.25, 0.3) is 0 Å². The average molecular weight is 352 g/mol. The summed E-state index contributed by atoms with van der Waals surface area (Å²) in [6.07, 6.45) is 3.93. The Kier molecular flexibility index (Phi) is 5.36. The van der Waals surface area contributed by atoms with Crippen LogP contribution in [0.1, 0.15) is 18.1 Å². The Morgan fingerprint density at radius 1 is 1.24 bits per heavy atom. The number of carbonyl (C=O) groups is 1. The van der Waals surface area contributed by atoms with Gasteiger partial charge in [0.05, 0.1) is 5.69 Å². The largest absolute Gasteiger partial charge is 0.298 e. The highest BCUT2D eigenvalue weighted by Crippen LogP contribution is 2.25. The minimum atomic E-state index is -0.332. The van der Waals surface area contributed by atoms with E-state index in [1.54, 1.807) is 18.2 Å². The van der Waals surface area contributed by atoms with Gasteiger partial charge >= 0.3 is 0 Å². The van der Waals surface area contributed by atoms with Gasteiger partial charge in [-0.25, -0.2) is 9.37 Å². The maximum absolute atomic E-state index is 13.1. The molecule has 126 valence electrons. The van der Waals surface area contributed by atoms with Crippen molar-refractivity contribution in [3.8, 4) is 11.3 Å². The molecular formula is C20H17FN2OS. The lowest BCUT2D eigenvalue weighted by molar-refractivity contribution is -0.111. The summed E-state index contributed by atoms with van der Waals surface area (Å²) in [4.78, 5) is 16.4. The van der Waals surface area contributed by atoms with Crippen molar-refractivity contribution in [2.75, 3.05) is 5.32 Å². The summed E-state index contributed by atoms with van der Waals surface area (Å²) in [6, 6.07) is 14.3. The average Bonchev–Trinajstić information content (AvgIpc) is 3.08. The third-order valence-electron chi connectivity index (χ3n) is 3.67. The standard InChI is InChI=1S/C20H17FN2OS/c1-2-14-6-9-16(10-7-14)18-13-25-20(22-18)23-19(24)11-8-15-4-3-5-17(21)12-15/h3-13H,2H2,1H3,(H,22,23,24)/b11-8+. The fourth-order valence-electron chi connectivity index (χ4n) is 2.30. The predicted octanol–water partition coefficient (Wildman–Crippen LogP) is 5.16. The fraction of sp³-hybridized carbons (Fsp3) is 0.100. The number of thiazole rings is 1. The molecule has 0 radical (unpaired) electrons. The molecule has 0 bridgehead atoms. The number of anilines is 1. The second kappa shape index (κ2) is 7.85. The summed E-state index contributed by atoms with van der Waals surface area (Å²) in [5, 5.41) is 5.17. The van der Waals surface area contributed by atoms with Crippen LogP contribution in [-0.4, -0.2) is 10.9 Å². The molecule has 25 heavy (non-hydrogen) atoms. The Morgan fingerprint density at radius 3 is 2.76 bits per heavy atom. The molecule has 2 aromatic carbocycles. The van der Waals surface area contributed by atoms with Crippen molar-refractivity contribution in [3.05, 3.63) is 76.9 Å².